The Morgan fingerprint density at radius 1 is 0.833 bits per heavy atom. The van der Waals surface area contributed by atoms with Crippen molar-refractivity contribution in [2.24, 2.45) is 23.2 Å². The highest BCUT2D eigenvalue weighted by molar-refractivity contribution is 7.85. The molecule has 6 heteroatoms. The lowest BCUT2D eigenvalue weighted by Gasteiger charge is -2.56. The lowest BCUT2D eigenvalue weighted by atomic mass is 9.50. The van der Waals surface area contributed by atoms with Crippen molar-refractivity contribution in [2.75, 3.05) is 32.2 Å². The summed E-state index contributed by atoms with van der Waals surface area (Å²) >= 11 is 0. The first-order valence-electron chi connectivity index (χ1n) is 9.55. The maximum absolute atomic E-state index is 10.5. The molecule has 1 N–H and O–H groups in total. The quantitative estimate of drug-likeness (QED) is 0.452. The molecule has 0 atom stereocenters. The van der Waals surface area contributed by atoms with Crippen LogP contribution in [0.5, 0.6) is 0 Å². The normalized spacial score (nSPS) is 34.8. The molecule has 4 rings (SSSR count). The molecule has 0 saturated heterocycles. The second-order valence-corrected chi connectivity index (χ2v) is 10.0. The van der Waals surface area contributed by atoms with Gasteiger partial charge in [0.15, 0.2) is 0 Å². The molecule has 4 saturated carbocycles. The van der Waals surface area contributed by atoms with Crippen molar-refractivity contribution in [3.8, 4) is 0 Å². The van der Waals surface area contributed by atoms with Gasteiger partial charge in [-0.25, -0.2) is 0 Å². The van der Waals surface area contributed by atoms with E-state index in [2.05, 4.69) is 0 Å². The summed E-state index contributed by atoms with van der Waals surface area (Å²) in [6.07, 6.45) is 11.6. The minimum atomic E-state index is -3.89. The van der Waals surface area contributed by atoms with Gasteiger partial charge in [0, 0.05) is 13.2 Å². The van der Waals surface area contributed by atoms with Crippen molar-refractivity contribution in [3.63, 3.8) is 0 Å². The number of hydrogen-bond donors (Lipinski definition) is 1. The second kappa shape index (κ2) is 8.02. The Balaban J connectivity index is 1.20. The van der Waals surface area contributed by atoms with E-state index < -0.39 is 10.1 Å². The highest BCUT2D eigenvalue weighted by atomic mass is 32.2. The van der Waals surface area contributed by atoms with Gasteiger partial charge in [-0.05, 0) is 81.0 Å². The largest absolute Gasteiger partial charge is 0.381 e. The van der Waals surface area contributed by atoms with E-state index in [1.807, 2.05) is 0 Å². The van der Waals surface area contributed by atoms with Crippen LogP contribution >= 0.6 is 0 Å². The second-order valence-electron chi connectivity index (χ2n) is 8.43. The zero-order valence-electron chi connectivity index (χ0n) is 14.6. The first-order chi connectivity index (χ1) is 11.4. The van der Waals surface area contributed by atoms with E-state index in [-0.39, 0.29) is 12.4 Å². The van der Waals surface area contributed by atoms with Crippen LogP contribution in [0.25, 0.3) is 0 Å². The lowest BCUT2D eigenvalue weighted by Crippen LogP contribution is -2.48. The van der Waals surface area contributed by atoms with Crippen LogP contribution < -0.4 is 0 Å². The molecule has 4 bridgehead atoms. The SMILES string of the molecule is O=S(=O)(O)CCOCCCCCOCC12CC3CC(CC(C3)C1)C2. The molecule has 0 aromatic rings. The van der Waals surface area contributed by atoms with E-state index >= 15 is 0 Å². The van der Waals surface area contributed by atoms with Crippen LogP contribution in [0.4, 0.5) is 0 Å². The fraction of sp³-hybridized carbons (Fsp3) is 1.00. The predicted octanol–water partition coefficient (Wildman–Crippen LogP) is 3.29. The Morgan fingerprint density at radius 2 is 1.38 bits per heavy atom. The van der Waals surface area contributed by atoms with Crippen molar-refractivity contribution in [2.45, 2.75) is 57.8 Å². The van der Waals surface area contributed by atoms with E-state index in [1.54, 1.807) is 0 Å². The molecule has 0 aromatic heterocycles. The number of hydrogen-bond acceptors (Lipinski definition) is 4. The van der Waals surface area contributed by atoms with Gasteiger partial charge in [-0.1, -0.05) is 0 Å². The van der Waals surface area contributed by atoms with Crippen molar-refractivity contribution in [1.29, 1.82) is 0 Å². The molecule has 0 amide bonds. The first-order valence-corrected chi connectivity index (χ1v) is 11.2. The lowest BCUT2D eigenvalue weighted by molar-refractivity contribution is -0.0966. The van der Waals surface area contributed by atoms with Crippen LogP contribution in [-0.2, 0) is 19.6 Å². The monoisotopic (exact) mass is 360 g/mol. The minimum Gasteiger partial charge on any atom is -0.381 e. The summed E-state index contributed by atoms with van der Waals surface area (Å²) in [5, 5.41) is 0. The molecule has 0 spiro atoms. The fourth-order valence-corrected chi connectivity index (χ4v) is 5.94. The molecule has 24 heavy (non-hydrogen) atoms. The third-order valence-corrected chi connectivity index (χ3v) is 6.82. The minimum absolute atomic E-state index is 0.0708. The van der Waals surface area contributed by atoms with E-state index in [9.17, 15) is 8.42 Å². The van der Waals surface area contributed by atoms with Crippen LogP contribution in [0.1, 0.15) is 57.8 Å². The van der Waals surface area contributed by atoms with E-state index in [0.29, 0.717) is 12.0 Å². The average molecular weight is 361 g/mol. The summed E-state index contributed by atoms with van der Waals surface area (Å²) in [6, 6.07) is 0. The topological polar surface area (TPSA) is 72.8 Å². The number of rotatable bonds is 11. The Morgan fingerprint density at radius 3 is 1.92 bits per heavy atom. The van der Waals surface area contributed by atoms with Crippen molar-refractivity contribution >= 4 is 10.1 Å². The van der Waals surface area contributed by atoms with Gasteiger partial charge >= 0.3 is 0 Å². The fourth-order valence-electron chi connectivity index (χ4n) is 5.61. The standard InChI is InChI=1S/C18H32O5S/c19-24(20,21)7-6-22-4-2-1-3-5-23-14-18-11-15-8-16(12-18)10-17(9-15)13-18/h15-17H,1-14H2,(H,19,20,21). The van der Waals surface area contributed by atoms with Crippen LogP contribution in [0, 0.1) is 23.2 Å². The summed E-state index contributed by atoms with van der Waals surface area (Å²) in [4.78, 5) is 0. The average Bonchev–Trinajstić information content (AvgIpc) is 2.46. The molecule has 0 aliphatic heterocycles. The van der Waals surface area contributed by atoms with Gasteiger partial charge in [0.2, 0.25) is 0 Å². The van der Waals surface area contributed by atoms with Crippen LogP contribution in [0.2, 0.25) is 0 Å². The Labute approximate surface area is 146 Å². The van der Waals surface area contributed by atoms with Crippen molar-refractivity contribution in [3.05, 3.63) is 0 Å². The highest BCUT2D eigenvalue weighted by Crippen LogP contribution is 2.60. The summed E-state index contributed by atoms with van der Waals surface area (Å²) in [7, 11) is -3.89. The number of unbranched alkanes of at least 4 members (excludes halogenated alkanes) is 2. The van der Waals surface area contributed by atoms with Crippen LogP contribution in [-0.4, -0.2) is 45.2 Å². The summed E-state index contributed by atoms with van der Waals surface area (Å²) in [5.41, 5.74) is 0.508. The Kier molecular flexibility index (Phi) is 6.22. The Hall–Kier alpha value is -0.170. The van der Waals surface area contributed by atoms with E-state index in [1.165, 1.54) is 38.5 Å². The van der Waals surface area contributed by atoms with Gasteiger partial charge in [0.05, 0.1) is 19.0 Å². The summed E-state index contributed by atoms with van der Waals surface area (Å²) in [6.45, 7) is 2.40. The molecule has 4 fully saturated rings. The molecule has 4 aliphatic carbocycles. The number of ether oxygens (including phenoxy) is 2. The van der Waals surface area contributed by atoms with Gasteiger partial charge in [-0.2, -0.15) is 8.42 Å². The zero-order valence-corrected chi connectivity index (χ0v) is 15.4. The van der Waals surface area contributed by atoms with Gasteiger partial charge in [-0.15, -0.1) is 0 Å². The molecular formula is C18H32O5S. The summed E-state index contributed by atoms with van der Waals surface area (Å²) in [5.74, 6) is 2.64. The smallest absolute Gasteiger partial charge is 0.267 e. The maximum atomic E-state index is 10.5. The van der Waals surface area contributed by atoms with Gasteiger partial charge in [0.25, 0.3) is 10.1 Å². The third-order valence-electron chi connectivity index (χ3n) is 6.14. The van der Waals surface area contributed by atoms with Crippen LogP contribution in [0.15, 0.2) is 0 Å². The van der Waals surface area contributed by atoms with E-state index in [0.717, 1.165) is 50.2 Å². The van der Waals surface area contributed by atoms with Gasteiger partial charge in [0.1, 0.15) is 0 Å². The molecule has 0 aromatic carbocycles. The van der Waals surface area contributed by atoms with E-state index in [4.69, 9.17) is 14.0 Å². The molecule has 0 unspecified atom stereocenters. The van der Waals surface area contributed by atoms with Gasteiger partial charge < -0.3 is 9.47 Å². The zero-order chi connectivity index (χ0) is 17.0. The molecule has 4 aliphatic rings. The summed E-state index contributed by atoms with van der Waals surface area (Å²) < 4.78 is 40.9. The predicted molar refractivity (Wildman–Crippen MR) is 92.5 cm³/mol. The van der Waals surface area contributed by atoms with Crippen LogP contribution in [0.3, 0.4) is 0 Å². The maximum Gasteiger partial charge on any atom is 0.267 e. The highest BCUT2D eigenvalue weighted by Gasteiger charge is 2.50. The molecule has 5 nitrogen and oxygen atoms in total. The van der Waals surface area contributed by atoms with Gasteiger partial charge in [-0.3, -0.25) is 4.55 Å². The molecule has 0 heterocycles. The van der Waals surface area contributed by atoms with Crippen molar-refractivity contribution in [1.82, 2.24) is 0 Å². The van der Waals surface area contributed by atoms with Crippen molar-refractivity contribution < 1.29 is 22.4 Å². The molecule has 140 valence electrons. The first kappa shape index (κ1) is 18.6. The Bertz CT molecular complexity index is 466. The third kappa shape index (κ3) is 5.41. The molecule has 0 radical (unpaired) electrons. The molecular weight excluding hydrogens is 328 g/mol.